The van der Waals surface area contributed by atoms with Gasteiger partial charge in [-0.05, 0) is 37.8 Å². The van der Waals surface area contributed by atoms with E-state index in [2.05, 4.69) is 0 Å². The van der Waals surface area contributed by atoms with Crippen LogP contribution in [0.15, 0.2) is 23.1 Å². The Kier molecular flexibility index (Phi) is 4.69. The normalized spacial score (nSPS) is 10.1. The highest BCUT2D eigenvalue weighted by atomic mass is 32.2. The number of thioether (sulfide) groups is 1. The highest BCUT2D eigenvalue weighted by Crippen LogP contribution is 2.26. The quantitative estimate of drug-likeness (QED) is 0.566. The molecule has 0 radical (unpaired) electrons. The second-order valence-corrected chi connectivity index (χ2v) is 4.15. The lowest BCUT2D eigenvalue weighted by Crippen LogP contribution is -2.02. The van der Waals surface area contributed by atoms with Gasteiger partial charge in [-0.1, -0.05) is 6.92 Å². The molecule has 0 atom stereocenters. The number of carbonyl (C=O) groups is 1. The van der Waals surface area contributed by atoms with Crippen molar-refractivity contribution in [3.63, 3.8) is 0 Å². The molecule has 0 heterocycles. The van der Waals surface area contributed by atoms with Crippen LogP contribution in [0.25, 0.3) is 0 Å². The minimum Gasteiger partial charge on any atom is -0.493 e. The predicted octanol–water partition coefficient (Wildman–Crippen LogP) is 3.40. The van der Waals surface area contributed by atoms with Crippen LogP contribution in [0.1, 0.15) is 30.6 Å². The van der Waals surface area contributed by atoms with E-state index in [-0.39, 0.29) is 5.78 Å². The molecule has 0 bridgehead atoms. The number of Topliss-reactive ketones (excluding diaryl/α,β-unsaturated/α-hetero) is 1. The molecule has 3 heteroatoms. The first-order chi connectivity index (χ1) is 7.19. The molecule has 0 unspecified atom stereocenters. The molecule has 15 heavy (non-hydrogen) atoms. The molecule has 1 rings (SSSR count). The fourth-order valence-electron chi connectivity index (χ4n) is 1.25. The van der Waals surface area contributed by atoms with E-state index in [1.54, 1.807) is 18.7 Å². The maximum Gasteiger partial charge on any atom is 0.163 e. The summed E-state index contributed by atoms with van der Waals surface area (Å²) in [6.45, 7) is 4.26. The van der Waals surface area contributed by atoms with Gasteiger partial charge in [-0.15, -0.1) is 11.8 Å². The second kappa shape index (κ2) is 5.81. The standard InChI is InChI=1S/C12H16O2S/c1-4-7-14-12-8-10(15-3)5-6-11(12)9(2)13/h5-6,8H,4,7H2,1-3H3. The van der Waals surface area contributed by atoms with Crippen LogP contribution < -0.4 is 4.74 Å². The Hall–Kier alpha value is -0.960. The van der Waals surface area contributed by atoms with Crippen LogP contribution in [0, 0.1) is 0 Å². The fraction of sp³-hybridized carbons (Fsp3) is 0.417. The predicted molar refractivity (Wildman–Crippen MR) is 64.0 cm³/mol. The van der Waals surface area contributed by atoms with Gasteiger partial charge in [0.25, 0.3) is 0 Å². The summed E-state index contributed by atoms with van der Waals surface area (Å²) in [5.41, 5.74) is 0.668. The Bertz CT molecular complexity index is 347. The molecular weight excluding hydrogens is 208 g/mol. The van der Waals surface area contributed by atoms with Crippen molar-refractivity contribution in [1.82, 2.24) is 0 Å². The average Bonchev–Trinajstić information content (AvgIpc) is 2.25. The first-order valence-corrected chi connectivity index (χ1v) is 6.23. The van der Waals surface area contributed by atoms with Gasteiger partial charge in [-0.25, -0.2) is 0 Å². The minimum absolute atomic E-state index is 0.0498. The van der Waals surface area contributed by atoms with E-state index >= 15 is 0 Å². The molecule has 0 amide bonds. The smallest absolute Gasteiger partial charge is 0.163 e. The van der Waals surface area contributed by atoms with Crippen molar-refractivity contribution in [2.24, 2.45) is 0 Å². The van der Waals surface area contributed by atoms with Crippen LogP contribution >= 0.6 is 11.8 Å². The molecule has 82 valence electrons. The Labute approximate surface area is 95.0 Å². The van der Waals surface area contributed by atoms with Crippen LogP contribution in [-0.4, -0.2) is 18.6 Å². The zero-order valence-corrected chi connectivity index (χ0v) is 10.2. The van der Waals surface area contributed by atoms with Gasteiger partial charge in [0.15, 0.2) is 5.78 Å². The molecule has 0 saturated carbocycles. The van der Waals surface area contributed by atoms with Gasteiger partial charge in [0.2, 0.25) is 0 Å². The zero-order valence-electron chi connectivity index (χ0n) is 9.37. The topological polar surface area (TPSA) is 26.3 Å². The number of hydrogen-bond acceptors (Lipinski definition) is 3. The SMILES string of the molecule is CCCOc1cc(SC)ccc1C(C)=O. The molecule has 1 aromatic rings. The van der Waals surface area contributed by atoms with Crippen molar-refractivity contribution >= 4 is 17.5 Å². The molecule has 1 aromatic carbocycles. The molecule has 0 saturated heterocycles. The number of hydrogen-bond donors (Lipinski definition) is 0. The minimum atomic E-state index is 0.0498. The molecule has 0 spiro atoms. The Morgan fingerprint density at radius 2 is 2.20 bits per heavy atom. The number of rotatable bonds is 5. The second-order valence-electron chi connectivity index (χ2n) is 3.27. The van der Waals surface area contributed by atoms with Crippen molar-refractivity contribution in [1.29, 1.82) is 0 Å². The van der Waals surface area contributed by atoms with Gasteiger partial charge >= 0.3 is 0 Å². The highest BCUT2D eigenvalue weighted by molar-refractivity contribution is 7.98. The molecule has 0 aliphatic carbocycles. The van der Waals surface area contributed by atoms with E-state index in [0.717, 1.165) is 11.3 Å². The number of carbonyl (C=O) groups excluding carboxylic acids is 1. The van der Waals surface area contributed by atoms with Gasteiger partial charge in [-0.3, -0.25) is 4.79 Å². The maximum absolute atomic E-state index is 11.3. The van der Waals surface area contributed by atoms with Crippen molar-refractivity contribution in [3.05, 3.63) is 23.8 Å². The van der Waals surface area contributed by atoms with E-state index in [1.165, 1.54) is 0 Å². The Morgan fingerprint density at radius 3 is 2.73 bits per heavy atom. The highest BCUT2D eigenvalue weighted by Gasteiger charge is 2.08. The Balaban J connectivity index is 2.99. The van der Waals surface area contributed by atoms with Crippen molar-refractivity contribution in [3.8, 4) is 5.75 Å². The van der Waals surface area contributed by atoms with Gasteiger partial charge in [0.1, 0.15) is 5.75 Å². The largest absolute Gasteiger partial charge is 0.493 e. The van der Waals surface area contributed by atoms with E-state index in [4.69, 9.17) is 4.74 Å². The van der Waals surface area contributed by atoms with Crippen LogP contribution in [0.4, 0.5) is 0 Å². The third-order valence-corrected chi connectivity index (χ3v) is 2.76. The first kappa shape index (κ1) is 12.1. The molecule has 0 aliphatic rings. The van der Waals surface area contributed by atoms with E-state index in [0.29, 0.717) is 17.9 Å². The lowest BCUT2D eigenvalue weighted by molar-refractivity contribution is 0.101. The lowest BCUT2D eigenvalue weighted by atomic mass is 10.1. The van der Waals surface area contributed by atoms with Crippen LogP contribution in [-0.2, 0) is 0 Å². The fourth-order valence-corrected chi connectivity index (χ4v) is 1.68. The monoisotopic (exact) mass is 224 g/mol. The third kappa shape index (κ3) is 3.27. The Morgan fingerprint density at radius 1 is 1.47 bits per heavy atom. The molecular formula is C12H16O2S. The van der Waals surface area contributed by atoms with Gasteiger partial charge in [0, 0.05) is 4.90 Å². The molecule has 2 nitrogen and oxygen atoms in total. The molecule has 0 N–H and O–H groups in total. The van der Waals surface area contributed by atoms with Gasteiger partial charge in [0.05, 0.1) is 12.2 Å². The van der Waals surface area contributed by atoms with Gasteiger partial charge < -0.3 is 4.74 Å². The van der Waals surface area contributed by atoms with Crippen LogP contribution in [0.2, 0.25) is 0 Å². The van der Waals surface area contributed by atoms with E-state index < -0.39 is 0 Å². The summed E-state index contributed by atoms with van der Waals surface area (Å²) < 4.78 is 5.56. The van der Waals surface area contributed by atoms with Crippen molar-refractivity contribution in [2.45, 2.75) is 25.2 Å². The van der Waals surface area contributed by atoms with Crippen LogP contribution in [0.5, 0.6) is 5.75 Å². The summed E-state index contributed by atoms with van der Waals surface area (Å²) >= 11 is 1.65. The van der Waals surface area contributed by atoms with Crippen LogP contribution in [0.3, 0.4) is 0 Å². The lowest BCUT2D eigenvalue weighted by Gasteiger charge is -2.10. The van der Waals surface area contributed by atoms with E-state index in [1.807, 2.05) is 31.4 Å². The summed E-state index contributed by atoms with van der Waals surface area (Å²) in [5, 5.41) is 0. The number of ketones is 1. The first-order valence-electron chi connectivity index (χ1n) is 5.00. The zero-order chi connectivity index (χ0) is 11.3. The average molecular weight is 224 g/mol. The molecule has 0 aliphatic heterocycles. The molecule has 0 aromatic heterocycles. The van der Waals surface area contributed by atoms with Crippen molar-refractivity contribution < 1.29 is 9.53 Å². The van der Waals surface area contributed by atoms with E-state index in [9.17, 15) is 4.79 Å². The number of ether oxygens (including phenoxy) is 1. The number of benzene rings is 1. The summed E-state index contributed by atoms with van der Waals surface area (Å²) in [7, 11) is 0. The summed E-state index contributed by atoms with van der Waals surface area (Å²) in [5.74, 6) is 0.755. The summed E-state index contributed by atoms with van der Waals surface area (Å²) in [4.78, 5) is 12.5. The third-order valence-electron chi connectivity index (χ3n) is 2.03. The van der Waals surface area contributed by atoms with Gasteiger partial charge in [-0.2, -0.15) is 0 Å². The maximum atomic E-state index is 11.3. The summed E-state index contributed by atoms with van der Waals surface area (Å²) in [6, 6.07) is 5.70. The summed E-state index contributed by atoms with van der Waals surface area (Å²) in [6.07, 6.45) is 2.95. The van der Waals surface area contributed by atoms with Crippen molar-refractivity contribution in [2.75, 3.05) is 12.9 Å². The molecule has 0 fully saturated rings.